The van der Waals surface area contributed by atoms with Crippen LogP contribution in [0.15, 0.2) is 53.4 Å². The molecule has 2 rings (SSSR count). The molecule has 0 aliphatic heterocycles. The van der Waals surface area contributed by atoms with Gasteiger partial charge in [-0.25, -0.2) is 13.1 Å². The van der Waals surface area contributed by atoms with Gasteiger partial charge in [-0.1, -0.05) is 36.8 Å². The van der Waals surface area contributed by atoms with Gasteiger partial charge >= 0.3 is 5.97 Å². The third kappa shape index (κ3) is 4.89. The Kier molecular flexibility index (Phi) is 6.29. The standard InChI is InChI=1S/C18H20N2O6S/c1-12-4-10-16(11-5-12)27(24,25)19-17(13(2)18(21)26-3)14-6-8-15(9-7-14)20(22)23/h4-11,13,17,19H,1-3H3/t13-,17+/m1/s1. The van der Waals surface area contributed by atoms with Crippen molar-refractivity contribution in [2.24, 2.45) is 5.92 Å². The Morgan fingerprint density at radius 1 is 1.11 bits per heavy atom. The van der Waals surface area contributed by atoms with Crippen LogP contribution in [0.5, 0.6) is 0 Å². The summed E-state index contributed by atoms with van der Waals surface area (Å²) in [5, 5.41) is 10.8. The molecule has 0 radical (unpaired) electrons. The number of nitrogens with one attached hydrogen (secondary N) is 1. The topological polar surface area (TPSA) is 116 Å². The molecule has 0 fully saturated rings. The van der Waals surface area contributed by atoms with E-state index in [0.717, 1.165) is 5.56 Å². The van der Waals surface area contributed by atoms with Crippen LogP contribution in [0.3, 0.4) is 0 Å². The van der Waals surface area contributed by atoms with Crippen LogP contribution in [-0.4, -0.2) is 26.4 Å². The lowest BCUT2D eigenvalue weighted by Gasteiger charge is -2.24. The van der Waals surface area contributed by atoms with E-state index in [1.807, 2.05) is 6.92 Å². The monoisotopic (exact) mass is 392 g/mol. The Bertz CT molecular complexity index is 923. The number of hydrogen-bond acceptors (Lipinski definition) is 6. The zero-order valence-corrected chi connectivity index (χ0v) is 15.9. The number of rotatable bonds is 7. The molecule has 0 spiro atoms. The fraction of sp³-hybridized carbons (Fsp3) is 0.278. The molecule has 0 saturated heterocycles. The second-order valence-electron chi connectivity index (χ2n) is 6.07. The number of methoxy groups -OCH3 is 1. The zero-order chi connectivity index (χ0) is 20.2. The van der Waals surface area contributed by atoms with Crippen LogP contribution in [0.2, 0.25) is 0 Å². The molecule has 144 valence electrons. The average Bonchev–Trinajstić information content (AvgIpc) is 2.65. The smallest absolute Gasteiger partial charge is 0.310 e. The number of nitro groups is 1. The number of benzene rings is 2. The predicted molar refractivity (Wildman–Crippen MR) is 98.5 cm³/mol. The number of hydrogen-bond donors (Lipinski definition) is 1. The van der Waals surface area contributed by atoms with Crippen LogP contribution in [-0.2, 0) is 19.6 Å². The summed E-state index contributed by atoms with van der Waals surface area (Å²) in [6.07, 6.45) is 0. The van der Waals surface area contributed by atoms with Crippen LogP contribution in [0.4, 0.5) is 5.69 Å². The van der Waals surface area contributed by atoms with Gasteiger partial charge in [0.25, 0.3) is 5.69 Å². The first-order valence-corrected chi connectivity index (χ1v) is 9.55. The normalized spacial score (nSPS) is 13.6. The molecule has 27 heavy (non-hydrogen) atoms. The summed E-state index contributed by atoms with van der Waals surface area (Å²) in [4.78, 5) is 22.3. The number of nitrogens with zero attached hydrogens (tertiary/aromatic N) is 1. The van der Waals surface area contributed by atoms with Crippen molar-refractivity contribution >= 4 is 21.7 Å². The van der Waals surface area contributed by atoms with Gasteiger partial charge in [0, 0.05) is 12.1 Å². The largest absolute Gasteiger partial charge is 0.469 e. The molecule has 1 N–H and O–H groups in total. The second kappa shape index (κ2) is 8.28. The Morgan fingerprint density at radius 3 is 2.15 bits per heavy atom. The maximum Gasteiger partial charge on any atom is 0.310 e. The quantitative estimate of drug-likeness (QED) is 0.440. The van der Waals surface area contributed by atoms with Crippen LogP contribution in [0.1, 0.15) is 24.1 Å². The van der Waals surface area contributed by atoms with Crippen molar-refractivity contribution in [1.82, 2.24) is 4.72 Å². The van der Waals surface area contributed by atoms with Gasteiger partial charge in [0.1, 0.15) is 0 Å². The van der Waals surface area contributed by atoms with Gasteiger partial charge in [0.2, 0.25) is 10.0 Å². The lowest BCUT2D eigenvalue weighted by Crippen LogP contribution is -2.36. The number of ether oxygens (including phenoxy) is 1. The molecule has 9 heteroatoms. The highest BCUT2D eigenvalue weighted by Gasteiger charge is 2.31. The van der Waals surface area contributed by atoms with Gasteiger partial charge < -0.3 is 4.74 Å². The number of esters is 1. The number of aryl methyl sites for hydroxylation is 1. The molecule has 0 heterocycles. The number of carbonyl (C=O) groups excluding carboxylic acids is 1. The molecule has 0 aliphatic rings. The maximum absolute atomic E-state index is 12.7. The highest BCUT2D eigenvalue weighted by atomic mass is 32.2. The van der Waals surface area contributed by atoms with Crippen LogP contribution in [0.25, 0.3) is 0 Å². The summed E-state index contributed by atoms with van der Waals surface area (Å²) >= 11 is 0. The van der Waals surface area contributed by atoms with E-state index in [4.69, 9.17) is 4.74 Å². The zero-order valence-electron chi connectivity index (χ0n) is 15.1. The number of nitro benzene ring substituents is 1. The predicted octanol–water partition coefficient (Wildman–Crippen LogP) is 2.73. The van der Waals surface area contributed by atoms with Gasteiger partial charge in [-0.2, -0.15) is 0 Å². The Balaban J connectivity index is 2.41. The van der Waals surface area contributed by atoms with Crippen molar-refractivity contribution < 1.29 is 22.9 Å². The third-order valence-corrected chi connectivity index (χ3v) is 5.61. The second-order valence-corrected chi connectivity index (χ2v) is 7.79. The molecule has 0 unspecified atom stereocenters. The summed E-state index contributed by atoms with van der Waals surface area (Å²) < 4.78 is 32.7. The molecule has 0 amide bonds. The third-order valence-electron chi connectivity index (χ3n) is 4.15. The molecular formula is C18H20N2O6S. The van der Waals surface area contributed by atoms with E-state index in [2.05, 4.69) is 4.72 Å². The molecule has 0 bridgehead atoms. The first kappa shape index (κ1) is 20.5. The summed E-state index contributed by atoms with van der Waals surface area (Å²) in [5.74, 6) is -1.46. The minimum atomic E-state index is -3.93. The van der Waals surface area contributed by atoms with E-state index in [1.54, 1.807) is 12.1 Å². The molecular weight excluding hydrogens is 372 g/mol. The van der Waals surface area contributed by atoms with Gasteiger partial charge in [0.05, 0.1) is 28.9 Å². The molecule has 2 aromatic rings. The molecule has 0 saturated carbocycles. The van der Waals surface area contributed by atoms with Gasteiger partial charge in [0.15, 0.2) is 0 Å². The van der Waals surface area contributed by atoms with Crippen molar-refractivity contribution in [1.29, 1.82) is 0 Å². The lowest BCUT2D eigenvalue weighted by molar-refractivity contribution is -0.384. The number of sulfonamides is 1. The first-order valence-electron chi connectivity index (χ1n) is 8.07. The number of carbonyl (C=O) groups is 1. The maximum atomic E-state index is 12.7. The van der Waals surface area contributed by atoms with Gasteiger partial charge in [-0.05, 0) is 24.6 Å². The van der Waals surface area contributed by atoms with E-state index < -0.39 is 32.9 Å². The van der Waals surface area contributed by atoms with Gasteiger partial charge in [-0.3, -0.25) is 14.9 Å². The van der Waals surface area contributed by atoms with Crippen molar-refractivity contribution in [2.75, 3.05) is 7.11 Å². The summed E-state index contributed by atoms with van der Waals surface area (Å²) in [6, 6.07) is 10.7. The summed E-state index contributed by atoms with van der Waals surface area (Å²) in [7, 11) is -2.72. The van der Waals surface area contributed by atoms with E-state index in [-0.39, 0.29) is 10.6 Å². The Hall–Kier alpha value is -2.78. The molecule has 0 aliphatic carbocycles. The summed E-state index contributed by atoms with van der Waals surface area (Å²) in [6.45, 7) is 3.36. The van der Waals surface area contributed by atoms with Crippen molar-refractivity contribution in [2.45, 2.75) is 24.8 Å². The van der Waals surface area contributed by atoms with E-state index in [9.17, 15) is 23.3 Å². The van der Waals surface area contributed by atoms with Gasteiger partial charge in [-0.15, -0.1) is 0 Å². The lowest BCUT2D eigenvalue weighted by atomic mass is 9.95. The molecule has 0 aromatic heterocycles. The minimum Gasteiger partial charge on any atom is -0.469 e. The number of non-ortho nitro benzene ring substituents is 1. The SMILES string of the molecule is COC(=O)[C@H](C)[C@H](NS(=O)(=O)c1ccc(C)cc1)c1ccc([N+](=O)[O-])cc1. The van der Waals surface area contributed by atoms with E-state index in [1.165, 1.54) is 50.4 Å². The van der Waals surface area contributed by atoms with E-state index in [0.29, 0.717) is 5.56 Å². The molecule has 2 aromatic carbocycles. The molecule has 8 nitrogen and oxygen atoms in total. The fourth-order valence-corrected chi connectivity index (χ4v) is 3.84. The van der Waals surface area contributed by atoms with Crippen LogP contribution >= 0.6 is 0 Å². The van der Waals surface area contributed by atoms with Crippen molar-refractivity contribution in [3.05, 3.63) is 69.8 Å². The highest BCUT2D eigenvalue weighted by molar-refractivity contribution is 7.89. The summed E-state index contributed by atoms with van der Waals surface area (Å²) in [5.41, 5.74) is 1.18. The van der Waals surface area contributed by atoms with Crippen LogP contribution in [0, 0.1) is 23.0 Å². The fourth-order valence-electron chi connectivity index (χ4n) is 2.54. The Morgan fingerprint density at radius 2 is 1.67 bits per heavy atom. The first-order chi connectivity index (χ1) is 12.7. The van der Waals surface area contributed by atoms with E-state index >= 15 is 0 Å². The van der Waals surface area contributed by atoms with Crippen molar-refractivity contribution in [3.8, 4) is 0 Å². The minimum absolute atomic E-state index is 0.0528. The average molecular weight is 392 g/mol. The van der Waals surface area contributed by atoms with Crippen molar-refractivity contribution in [3.63, 3.8) is 0 Å². The highest BCUT2D eigenvalue weighted by Crippen LogP contribution is 2.27. The van der Waals surface area contributed by atoms with Crippen LogP contribution < -0.4 is 4.72 Å². The molecule has 2 atom stereocenters. The Labute approximate surface area is 157 Å².